The number of hydrogen-bond acceptors (Lipinski definition) is 7. The molecule has 1 aliphatic heterocycles. The lowest BCUT2D eigenvalue weighted by molar-refractivity contribution is -0.129. The summed E-state index contributed by atoms with van der Waals surface area (Å²) in [6.45, 7) is 4.64. The highest BCUT2D eigenvalue weighted by Crippen LogP contribution is 2.25. The highest BCUT2D eigenvalue weighted by molar-refractivity contribution is 7.99. The molecule has 32 heavy (non-hydrogen) atoms. The van der Waals surface area contributed by atoms with E-state index < -0.39 is 0 Å². The van der Waals surface area contributed by atoms with Crippen molar-refractivity contribution >= 4 is 46.6 Å². The number of carbonyl (C=O) groups is 2. The second kappa shape index (κ2) is 10.1. The molecule has 2 heterocycles. The van der Waals surface area contributed by atoms with Crippen LogP contribution in [0, 0.1) is 0 Å². The third-order valence-corrected chi connectivity index (χ3v) is 6.14. The van der Waals surface area contributed by atoms with E-state index in [-0.39, 0.29) is 17.6 Å². The van der Waals surface area contributed by atoms with Gasteiger partial charge in [-0.05, 0) is 48.5 Å². The molecule has 0 saturated carbocycles. The minimum atomic E-state index is -0.163. The molecule has 3 aromatic rings. The Labute approximate surface area is 194 Å². The van der Waals surface area contributed by atoms with E-state index in [1.807, 2.05) is 29.2 Å². The number of halogens is 1. The van der Waals surface area contributed by atoms with Gasteiger partial charge in [0.05, 0.1) is 5.75 Å². The monoisotopic (exact) mass is 471 g/mol. The third kappa shape index (κ3) is 5.60. The average Bonchev–Trinajstić information content (AvgIpc) is 3.28. The molecule has 10 heteroatoms. The Morgan fingerprint density at radius 3 is 2.38 bits per heavy atom. The van der Waals surface area contributed by atoms with Crippen LogP contribution in [0.15, 0.2) is 58.2 Å². The van der Waals surface area contributed by atoms with Gasteiger partial charge in [0.2, 0.25) is 17.7 Å². The Morgan fingerprint density at radius 1 is 1.03 bits per heavy atom. The second-order valence-electron chi connectivity index (χ2n) is 7.26. The van der Waals surface area contributed by atoms with Crippen molar-refractivity contribution in [1.29, 1.82) is 0 Å². The van der Waals surface area contributed by atoms with E-state index in [1.54, 1.807) is 31.2 Å². The highest BCUT2D eigenvalue weighted by Gasteiger charge is 2.18. The summed E-state index contributed by atoms with van der Waals surface area (Å²) in [4.78, 5) is 27.8. The highest BCUT2D eigenvalue weighted by atomic mass is 35.5. The summed E-state index contributed by atoms with van der Waals surface area (Å²) < 4.78 is 5.60. The zero-order valence-corrected chi connectivity index (χ0v) is 19.0. The van der Waals surface area contributed by atoms with Crippen molar-refractivity contribution in [2.24, 2.45) is 0 Å². The fraction of sp³-hybridized carbons (Fsp3) is 0.273. The maximum Gasteiger partial charge on any atom is 0.277 e. The van der Waals surface area contributed by atoms with Crippen molar-refractivity contribution in [1.82, 2.24) is 15.1 Å². The molecule has 166 valence electrons. The molecule has 0 spiro atoms. The number of piperazine rings is 1. The lowest BCUT2D eigenvalue weighted by Crippen LogP contribution is -2.48. The van der Waals surface area contributed by atoms with Crippen LogP contribution in [-0.4, -0.2) is 58.8 Å². The number of aromatic nitrogens is 2. The molecular weight excluding hydrogens is 450 g/mol. The van der Waals surface area contributed by atoms with Crippen LogP contribution in [-0.2, 0) is 9.59 Å². The number of anilines is 2. The van der Waals surface area contributed by atoms with Crippen LogP contribution in [0.3, 0.4) is 0 Å². The molecule has 1 aliphatic rings. The minimum Gasteiger partial charge on any atom is -0.411 e. The second-order valence-corrected chi connectivity index (χ2v) is 8.62. The molecule has 0 bridgehead atoms. The lowest BCUT2D eigenvalue weighted by Gasteiger charge is -2.35. The number of amides is 2. The maximum absolute atomic E-state index is 12.3. The number of benzene rings is 2. The van der Waals surface area contributed by atoms with E-state index in [1.165, 1.54) is 11.8 Å². The normalized spacial score (nSPS) is 13.8. The van der Waals surface area contributed by atoms with Gasteiger partial charge in [-0.2, -0.15) is 0 Å². The van der Waals surface area contributed by atoms with E-state index in [0.29, 0.717) is 21.8 Å². The van der Waals surface area contributed by atoms with Gasteiger partial charge in [-0.15, -0.1) is 10.2 Å². The number of nitrogens with zero attached hydrogens (tertiary/aromatic N) is 4. The van der Waals surface area contributed by atoms with Gasteiger partial charge < -0.3 is 19.5 Å². The quantitative estimate of drug-likeness (QED) is 0.547. The largest absolute Gasteiger partial charge is 0.411 e. The molecule has 1 N–H and O–H groups in total. The molecular formula is C22H22ClN5O3S. The predicted molar refractivity (Wildman–Crippen MR) is 125 cm³/mol. The molecule has 4 rings (SSSR count). The number of carbonyl (C=O) groups excluding carboxylic acids is 2. The van der Waals surface area contributed by atoms with Crippen molar-refractivity contribution in [2.75, 3.05) is 42.1 Å². The van der Waals surface area contributed by atoms with Gasteiger partial charge in [0, 0.05) is 55.1 Å². The first-order valence-electron chi connectivity index (χ1n) is 10.1. The summed E-state index contributed by atoms with van der Waals surface area (Å²) in [6, 6.07) is 14.8. The van der Waals surface area contributed by atoms with Crippen LogP contribution in [0.2, 0.25) is 5.02 Å². The SMILES string of the molecule is CC(=O)N1CCN(c2ccc(NC(=O)CSc3nnc(-c4ccc(Cl)cc4)o3)cc2)CC1. The Bertz CT molecular complexity index is 1080. The van der Waals surface area contributed by atoms with Gasteiger partial charge >= 0.3 is 0 Å². The van der Waals surface area contributed by atoms with Gasteiger partial charge in [0.25, 0.3) is 5.22 Å². The Morgan fingerprint density at radius 2 is 1.72 bits per heavy atom. The zero-order valence-electron chi connectivity index (χ0n) is 17.5. The van der Waals surface area contributed by atoms with E-state index in [2.05, 4.69) is 20.4 Å². The van der Waals surface area contributed by atoms with Crippen molar-refractivity contribution in [3.05, 3.63) is 53.6 Å². The molecule has 0 aliphatic carbocycles. The topological polar surface area (TPSA) is 91.6 Å². The van der Waals surface area contributed by atoms with Crippen molar-refractivity contribution < 1.29 is 14.0 Å². The van der Waals surface area contributed by atoms with Crippen LogP contribution in [0.5, 0.6) is 0 Å². The van der Waals surface area contributed by atoms with Crippen molar-refractivity contribution in [3.63, 3.8) is 0 Å². The van der Waals surface area contributed by atoms with E-state index in [4.69, 9.17) is 16.0 Å². The minimum absolute atomic E-state index is 0.113. The molecule has 2 aromatic carbocycles. The molecule has 1 fully saturated rings. The number of thioether (sulfide) groups is 1. The zero-order chi connectivity index (χ0) is 22.5. The summed E-state index contributed by atoms with van der Waals surface area (Å²) in [6.07, 6.45) is 0. The van der Waals surface area contributed by atoms with Crippen LogP contribution >= 0.6 is 23.4 Å². The molecule has 0 radical (unpaired) electrons. The summed E-state index contributed by atoms with van der Waals surface area (Å²) in [7, 11) is 0. The molecule has 1 saturated heterocycles. The van der Waals surface area contributed by atoms with Gasteiger partial charge in [-0.1, -0.05) is 23.4 Å². The summed E-state index contributed by atoms with van der Waals surface area (Å²) in [5.74, 6) is 0.479. The van der Waals surface area contributed by atoms with E-state index >= 15 is 0 Å². The lowest BCUT2D eigenvalue weighted by atomic mass is 10.2. The Balaban J connectivity index is 1.26. The van der Waals surface area contributed by atoms with Crippen LogP contribution in [0.25, 0.3) is 11.5 Å². The smallest absolute Gasteiger partial charge is 0.277 e. The molecule has 2 amide bonds. The van der Waals surface area contributed by atoms with Crippen molar-refractivity contribution in [2.45, 2.75) is 12.1 Å². The fourth-order valence-corrected chi connectivity index (χ4v) is 4.03. The summed E-state index contributed by atoms with van der Waals surface area (Å²) >= 11 is 7.06. The molecule has 1 aromatic heterocycles. The van der Waals surface area contributed by atoms with Crippen molar-refractivity contribution in [3.8, 4) is 11.5 Å². The van der Waals surface area contributed by atoms with E-state index in [0.717, 1.165) is 37.4 Å². The predicted octanol–water partition coefficient (Wildman–Crippen LogP) is 3.79. The summed E-state index contributed by atoms with van der Waals surface area (Å²) in [5, 5.41) is 11.8. The number of rotatable bonds is 6. The first-order valence-corrected chi connectivity index (χ1v) is 11.5. The first kappa shape index (κ1) is 22.2. The molecule has 0 atom stereocenters. The fourth-order valence-electron chi connectivity index (χ4n) is 3.34. The van der Waals surface area contributed by atoms with E-state index in [9.17, 15) is 9.59 Å². The Kier molecular flexibility index (Phi) is 6.96. The molecule has 8 nitrogen and oxygen atoms in total. The maximum atomic E-state index is 12.3. The average molecular weight is 472 g/mol. The van der Waals surface area contributed by atoms with Gasteiger partial charge in [-0.25, -0.2) is 0 Å². The Hall–Kier alpha value is -3.04. The standard InChI is InChI=1S/C22H22ClN5O3S/c1-15(29)27-10-12-28(13-11-27)19-8-6-18(7-9-19)24-20(30)14-32-22-26-25-21(31-22)16-2-4-17(23)5-3-16/h2-9H,10-14H2,1H3,(H,24,30). The number of hydrogen-bond donors (Lipinski definition) is 1. The van der Waals surface area contributed by atoms with Crippen LogP contribution in [0.1, 0.15) is 6.92 Å². The number of nitrogens with one attached hydrogen (secondary N) is 1. The summed E-state index contributed by atoms with van der Waals surface area (Å²) in [5.41, 5.74) is 2.55. The first-order chi connectivity index (χ1) is 15.5. The van der Waals surface area contributed by atoms with Crippen LogP contribution in [0.4, 0.5) is 11.4 Å². The van der Waals surface area contributed by atoms with Crippen LogP contribution < -0.4 is 10.2 Å². The molecule has 0 unspecified atom stereocenters. The van der Waals surface area contributed by atoms with Gasteiger partial charge in [0.1, 0.15) is 0 Å². The third-order valence-electron chi connectivity index (χ3n) is 5.07. The van der Waals surface area contributed by atoms with Gasteiger partial charge in [-0.3, -0.25) is 9.59 Å². The van der Waals surface area contributed by atoms with Gasteiger partial charge in [0.15, 0.2) is 0 Å².